The van der Waals surface area contributed by atoms with Crippen LogP contribution in [-0.2, 0) is 6.54 Å². The fraction of sp³-hybridized carbons (Fsp3) is 0.462. The van der Waals surface area contributed by atoms with Gasteiger partial charge in [0.2, 0.25) is 0 Å². The SMILES string of the molecule is CCCNC(c1cnn(CC)c1)c1ccco1. The van der Waals surface area contributed by atoms with Gasteiger partial charge in [-0.25, -0.2) is 0 Å². The van der Waals surface area contributed by atoms with E-state index in [0.717, 1.165) is 30.8 Å². The summed E-state index contributed by atoms with van der Waals surface area (Å²) in [5.41, 5.74) is 1.15. The van der Waals surface area contributed by atoms with Crippen molar-refractivity contribution in [1.29, 1.82) is 0 Å². The summed E-state index contributed by atoms with van der Waals surface area (Å²) in [5, 5.41) is 7.79. The normalized spacial score (nSPS) is 12.8. The largest absolute Gasteiger partial charge is 0.467 e. The maximum Gasteiger partial charge on any atom is 0.125 e. The number of rotatable bonds is 6. The number of nitrogens with one attached hydrogen (secondary N) is 1. The maximum absolute atomic E-state index is 5.49. The van der Waals surface area contributed by atoms with Crippen LogP contribution < -0.4 is 5.32 Å². The lowest BCUT2D eigenvalue weighted by Crippen LogP contribution is -2.22. The number of aromatic nitrogens is 2. The van der Waals surface area contributed by atoms with Crippen LogP contribution in [0.4, 0.5) is 0 Å². The number of furan rings is 1. The van der Waals surface area contributed by atoms with Crippen molar-refractivity contribution in [3.8, 4) is 0 Å². The summed E-state index contributed by atoms with van der Waals surface area (Å²) in [6.45, 7) is 6.08. The molecule has 1 unspecified atom stereocenters. The van der Waals surface area contributed by atoms with E-state index in [4.69, 9.17) is 4.42 Å². The molecule has 2 aromatic heterocycles. The molecule has 17 heavy (non-hydrogen) atoms. The van der Waals surface area contributed by atoms with Crippen LogP contribution in [0.15, 0.2) is 35.2 Å². The lowest BCUT2D eigenvalue weighted by molar-refractivity contribution is 0.446. The van der Waals surface area contributed by atoms with Crippen LogP contribution in [0.2, 0.25) is 0 Å². The third kappa shape index (κ3) is 2.77. The molecule has 0 radical (unpaired) electrons. The molecule has 92 valence electrons. The van der Waals surface area contributed by atoms with E-state index in [1.807, 2.05) is 23.0 Å². The number of hydrogen-bond acceptors (Lipinski definition) is 3. The van der Waals surface area contributed by atoms with Crippen LogP contribution in [-0.4, -0.2) is 16.3 Å². The van der Waals surface area contributed by atoms with Crippen LogP contribution in [0, 0.1) is 0 Å². The summed E-state index contributed by atoms with van der Waals surface area (Å²) in [6.07, 6.45) is 6.77. The Hall–Kier alpha value is -1.55. The lowest BCUT2D eigenvalue weighted by Gasteiger charge is -2.14. The summed E-state index contributed by atoms with van der Waals surface area (Å²) < 4.78 is 7.42. The second-order valence-corrected chi connectivity index (χ2v) is 4.03. The van der Waals surface area contributed by atoms with Crippen molar-refractivity contribution in [2.75, 3.05) is 6.54 Å². The van der Waals surface area contributed by atoms with Gasteiger partial charge in [0.1, 0.15) is 5.76 Å². The fourth-order valence-electron chi connectivity index (χ4n) is 1.83. The summed E-state index contributed by atoms with van der Waals surface area (Å²) in [6, 6.07) is 4.02. The van der Waals surface area contributed by atoms with Gasteiger partial charge in [-0.3, -0.25) is 4.68 Å². The van der Waals surface area contributed by atoms with Crippen molar-refractivity contribution in [3.63, 3.8) is 0 Å². The first kappa shape index (κ1) is 11.9. The lowest BCUT2D eigenvalue weighted by atomic mass is 10.1. The zero-order valence-electron chi connectivity index (χ0n) is 10.4. The zero-order chi connectivity index (χ0) is 12.1. The Kier molecular flexibility index (Phi) is 3.98. The number of nitrogens with zero attached hydrogens (tertiary/aromatic N) is 2. The molecular weight excluding hydrogens is 214 g/mol. The van der Waals surface area contributed by atoms with E-state index < -0.39 is 0 Å². The Morgan fingerprint density at radius 3 is 2.94 bits per heavy atom. The Bertz CT molecular complexity index is 433. The van der Waals surface area contributed by atoms with Gasteiger partial charge in [0.15, 0.2) is 0 Å². The molecular formula is C13H19N3O. The summed E-state index contributed by atoms with van der Waals surface area (Å²) >= 11 is 0. The van der Waals surface area contributed by atoms with Gasteiger partial charge in [-0.2, -0.15) is 5.10 Å². The molecule has 0 aromatic carbocycles. The molecule has 0 amide bonds. The van der Waals surface area contributed by atoms with Gasteiger partial charge in [-0.1, -0.05) is 6.92 Å². The fourth-order valence-corrected chi connectivity index (χ4v) is 1.83. The summed E-state index contributed by atoms with van der Waals surface area (Å²) in [7, 11) is 0. The molecule has 0 bridgehead atoms. The molecule has 2 heterocycles. The quantitative estimate of drug-likeness (QED) is 0.834. The molecule has 2 rings (SSSR count). The minimum atomic E-state index is 0.102. The monoisotopic (exact) mass is 233 g/mol. The van der Waals surface area contributed by atoms with E-state index in [1.165, 1.54) is 0 Å². The first-order chi connectivity index (χ1) is 8.35. The minimum absolute atomic E-state index is 0.102. The molecule has 1 N–H and O–H groups in total. The van der Waals surface area contributed by atoms with Crippen LogP contribution >= 0.6 is 0 Å². The van der Waals surface area contributed by atoms with Crippen molar-refractivity contribution in [1.82, 2.24) is 15.1 Å². The maximum atomic E-state index is 5.49. The van der Waals surface area contributed by atoms with Gasteiger partial charge < -0.3 is 9.73 Å². The van der Waals surface area contributed by atoms with Crippen LogP contribution in [0.25, 0.3) is 0 Å². The van der Waals surface area contributed by atoms with Gasteiger partial charge in [0, 0.05) is 18.3 Å². The van der Waals surface area contributed by atoms with Crippen molar-refractivity contribution in [2.24, 2.45) is 0 Å². The predicted molar refractivity (Wildman–Crippen MR) is 66.7 cm³/mol. The van der Waals surface area contributed by atoms with Crippen molar-refractivity contribution in [3.05, 3.63) is 42.1 Å². The van der Waals surface area contributed by atoms with E-state index >= 15 is 0 Å². The van der Waals surface area contributed by atoms with Crippen LogP contribution in [0.1, 0.15) is 37.6 Å². The first-order valence-electron chi connectivity index (χ1n) is 6.14. The molecule has 0 fully saturated rings. The molecule has 0 saturated heterocycles. The highest BCUT2D eigenvalue weighted by atomic mass is 16.3. The van der Waals surface area contributed by atoms with Gasteiger partial charge in [0.05, 0.1) is 18.5 Å². The number of aryl methyl sites for hydroxylation is 1. The topological polar surface area (TPSA) is 43.0 Å². The molecule has 0 aliphatic heterocycles. The van der Waals surface area contributed by atoms with Gasteiger partial charge >= 0.3 is 0 Å². The van der Waals surface area contributed by atoms with E-state index in [2.05, 4.69) is 30.5 Å². The third-order valence-electron chi connectivity index (χ3n) is 2.74. The zero-order valence-corrected chi connectivity index (χ0v) is 10.4. The van der Waals surface area contributed by atoms with E-state index in [0.29, 0.717) is 0 Å². The highest BCUT2D eigenvalue weighted by Crippen LogP contribution is 2.21. The van der Waals surface area contributed by atoms with Crippen molar-refractivity contribution < 1.29 is 4.42 Å². The second kappa shape index (κ2) is 5.68. The van der Waals surface area contributed by atoms with E-state index in [1.54, 1.807) is 6.26 Å². The highest BCUT2D eigenvalue weighted by Gasteiger charge is 2.17. The van der Waals surface area contributed by atoms with Gasteiger partial charge in [0.25, 0.3) is 0 Å². The molecule has 0 saturated carbocycles. The average Bonchev–Trinajstić information content (AvgIpc) is 3.00. The Labute approximate surface area is 102 Å². The number of hydrogen-bond donors (Lipinski definition) is 1. The Balaban J connectivity index is 2.20. The smallest absolute Gasteiger partial charge is 0.125 e. The van der Waals surface area contributed by atoms with Crippen molar-refractivity contribution in [2.45, 2.75) is 32.9 Å². The standard InChI is InChI=1S/C13H19N3O/c1-3-7-14-13(12-6-5-8-17-12)11-9-15-16(4-2)10-11/h5-6,8-10,13-14H,3-4,7H2,1-2H3. The molecule has 0 spiro atoms. The first-order valence-corrected chi connectivity index (χ1v) is 6.14. The Morgan fingerprint density at radius 2 is 2.35 bits per heavy atom. The van der Waals surface area contributed by atoms with E-state index in [-0.39, 0.29) is 6.04 Å². The minimum Gasteiger partial charge on any atom is -0.467 e. The third-order valence-corrected chi connectivity index (χ3v) is 2.74. The second-order valence-electron chi connectivity index (χ2n) is 4.03. The Morgan fingerprint density at radius 1 is 1.47 bits per heavy atom. The molecule has 0 aliphatic rings. The highest BCUT2D eigenvalue weighted by molar-refractivity contribution is 5.21. The summed E-state index contributed by atoms with van der Waals surface area (Å²) in [4.78, 5) is 0. The molecule has 0 aliphatic carbocycles. The average molecular weight is 233 g/mol. The van der Waals surface area contributed by atoms with Gasteiger partial charge in [-0.05, 0) is 32.0 Å². The molecule has 1 atom stereocenters. The van der Waals surface area contributed by atoms with Crippen LogP contribution in [0.5, 0.6) is 0 Å². The van der Waals surface area contributed by atoms with Crippen molar-refractivity contribution >= 4 is 0 Å². The van der Waals surface area contributed by atoms with Gasteiger partial charge in [-0.15, -0.1) is 0 Å². The van der Waals surface area contributed by atoms with Crippen LogP contribution in [0.3, 0.4) is 0 Å². The molecule has 4 nitrogen and oxygen atoms in total. The molecule has 4 heteroatoms. The summed E-state index contributed by atoms with van der Waals surface area (Å²) in [5.74, 6) is 0.939. The van der Waals surface area contributed by atoms with E-state index in [9.17, 15) is 0 Å². The molecule has 2 aromatic rings. The predicted octanol–water partition coefficient (Wildman–Crippen LogP) is 2.59.